The zero-order chi connectivity index (χ0) is 24.3. The van der Waals surface area contributed by atoms with Crippen molar-refractivity contribution in [2.24, 2.45) is 5.16 Å². The van der Waals surface area contributed by atoms with Crippen LogP contribution in [0.1, 0.15) is 82.4 Å². The van der Waals surface area contributed by atoms with Crippen molar-refractivity contribution in [2.45, 2.75) is 102 Å². The normalized spacial score (nSPS) is 24.9. The number of nitrogens with one attached hydrogen (secondary N) is 1. The maximum Gasteiger partial charge on any atom is 0.503 e. The molecule has 2 aromatic rings. The van der Waals surface area contributed by atoms with Crippen LogP contribution in [0.25, 0.3) is 11.0 Å². The van der Waals surface area contributed by atoms with Gasteiger partial charge >= 0.3 is 6.16 Å². The lowest BCUT2D eigenvalue weighted by atomic mass is 9.79. The molecule has 0 bridgehead atoms. The Hall–Kier alpha value is -2.88. The number of aliphatic hydroxyl groups excluding tert-OH is 1. The van der Waals surface area contributed by atoms with Crippen molar-refractivity contribution >= 4 is 28.6 Å². The molecule has 10 heteroatoms. The van der Waals surface area contributed by atoms with E-state index in [2.05, 4.69) is 24.3 Å². The van der Waals surface area contributed by atoms with Gasteiger partial charge in [-0.05, 0) is 52.4 Å². The van der Waals surface area contributed by atoms with Crippen molar-refractivity contribution in [1.82, 2.24) is 14.8 Å². The van der Waals surface area contributed by atoms with E-state index in [0.717, 1.165) is 72.3 Å². The number of hydrogen-bond donors (Lipinski definition) is 4. The van der Waals surface area contributed by atoms with E-state index in [1.165, 1.54) is 32.1 Å². The Kier molecular flexibility index (Phi) is 7.25. The second-order valence-electron chi connectivity index (χ2n) is 9.63. The molecule has 1 spiro atoms. The molecule has 0 atom stereocenters. The standard InChI is InChI=1S/C23H33N5O2.CH2O3/c1-3-28-22-20(15(2)26-28)21(25-16-7-5-4-6-8-16)18(14-24-22)19-13-23(30-27-19)11-9-17(29)10-12-23;2-1(3)4/h14,16-17,29H,3-13H2,1-2H3,(H,24,25);(H2,2,3,4). The Bertz CT molecular complexity index is 1050. The molecular weight excluding hydrogens is 438 g/mol. The number of carbonyl (C=O) groups is 1. The Morgan fingerprint density at radius 2 is 1.88 bits per heavy atom. The fraction of sp³-hybridized carbons (Fsp3) is 0.667. The number of nitrogens with zero attached hydrogens (tertiary/aromatic N) is 4. The fourth-order valence-corrected chi connectivity index (χ4v) is 5.42. The van der Waals surface area contributed by atoms with Gasteiger partial charge in [0.15, 0.2) is 5.65 Å². The SMILES string of the molecule is CCn1nc(C)c2c(NC3CCCCC3)c(C3=NOC4(CCC(O)CC4)C3)cnc21.O=C(O)O. The summed E-state index contributed by atoms with van der Waals surface area (Å²) >= 11 is 0. The summed E-state index contributed by atoms with van der Waals surface area (Å²) in [4.78, 5) is 19.4. The van der Waals surface area contributed by atoms with Crippen LogP contribution in [0, 0.1) is 6.92 Å². The fourth-order valence-electron chi connectivity index (χ4n) is 5.42. The first-order chi connectivity index (χ1) is 16.3. The van der Waals surface area contributed by atoms with Crippen molar-refractivity contribution in [2.75, 3.05) is 5.32 Å². The topological polar surface area (TPSA) is 142 Å². The lowest BCUT2D eigenvalue weighted by molar-refractivity contribution is -0.0676. The van der Waals surface area contributed by atoms with Crippen LogP contribution in [0.15, 0.2) is 11.4 Å². The number of anilines is 1. The van der Waals surface area contributed by atoms with E-state index in [4.69, 9.17) is 29.9 Å². The Morgan fingerprint density at radius 1 is 1.21 bits per heavy atom. The van der Waals surface area contributed by atoms with E-state index in [1.54, 1.807) is 0 Å². The first-order valence-corrected chi connectivity index (χ1v) is 12.3. The van der Waals surface area contributed by atoms with Gasteiger partial charge in [0.2, 0.25) is 0 Å². The molecule has 2 aromatic heterocycles. The van der Waals surface area contributed by atoms with Gasteiger partial charge in [-0.1, -0.05) is 24.4 Å². The van der Waals surface area contributed by atoms with Gasteiger partial charge in [-0.3, -0.25) is 0 Å². The van der Waals surface area contributed by atoms with Crippen LogP contribution in [-0.2, 0) is 11.4 Å². The summed E-state index contributed by atoms with van der Waals surface area (Å²) in [5.41, 5.74) is 4.84. The maximum absolute atomic E-state index is 9.91. The molecule has 0 amide bonds. The predicted molar refractivity (Wildman–Crippen MR) is 129 cm³/mol. The number of pyridine rings is 1. The van der Waals surface area contributed by atoms with Crippen molar-refractivity contribution in [3.05, 3.63) is 17.5 Å². The van der Waals surface area contributed by atoms with Gasteiger partial charge in [0, 0.05) is 30.8 Å². The average molecular weight is 474 g/mol. The smallest absolute Gasteiger partial charge is 0.450 e. The van der Waals surface area contributed by atoms with E-state index in [9.17, 15) is 5.11 Å². The van der Waals surface area contributed by atoms with Crippen LogP contribution in [-0.4, -0.2) is 59.7 Å². The summed E-state index contributed by atoms with van der Waals surface area (Å²) < 4.78 is 1.98. The van der Waals surface area contributed by atoms with E-state index in [-0.39, 0.29) is 11.7 Å². The number of aliphatic hydroxyl groups is 1. The van der Waals surface area contributed by atoms with Crippen LogP contribution in [0.2, 0.25) is 0 Å². The van der Waals surface area contributed by atoms with Gasteiger partial charge in [0.25, 0.3) is 0 Å². The molecule has 0 unspecified atom stereocenters. The third kappa shape index (κ3) is 5.11. The summed E-state index contributed by atoms with van der Waals surface area (Å²) in [7, 11) is 0. The Labute approximate surface area is 199 Å². The Balaban J connectivity index is 0.000000636. The minimum absolute atomic E-state index is 0.202. The largest absolute Gasteiger partial charge is 0.503 e. The molecule has 3 aliphatic rings. The molecule has 34 heavy (non-hydrogen) atoms. The summed E-state index contributed by atoms with van der Waals surface area (Å²) in [6.07, 6.45) is 10.3. The quantitative estimate of drug-likeness (QED) is 0.507. The highest BCUT2D eigenvalue weighted by molar-refractivity contribution is 6.11. The monoisotopic (exact) mass is 473 g/mol. The molecule has 2 aliphatic carbocycles. The number of aromatic nitrogens is 3. The van der Waals surface area contributed by atoms with Gasteiger partial charge in [-0.25, -0.2) is 14.5 Å². The first-order valence-electron chi connectivity index (χ1n) is 12.3. The minimum Gasteiger partial charge on any atom is -0.450 e. The van der Waals surface area contributed by atoms with Crippen molar-refractivity contribution in [1.29, 1.82) is 0 Å². The highest BCUT2D eigenvalue weighted by Crippen LogP contribution is 2.42. The van der Waals surface area contributed by atoms with Gasteiger partial charge in [0.05, 0.1) is 28.6 Å². The van der Waals surface area contributed by atoms with Crippen LogP contribution in [0.5, 0.6) is 0 Å². The number of carboxylic acid groups (broad SMARTS) is 2. The van der Waals surface area contributed by atoms with Gasteiger partial charge in [0.1, 0.15) is 5.60 Å². The number of rotatable bonds is 4. The van der Waals surface area contributed by atoms with Crippen molar-refractivity contribution < 1.29 is 25.0 Å². The molecule has 1 aliphatic heterocycles. The highest BCUT2D eigenvalue weighted by Gasteiger charge is 2.43. The lowest BCUT2D eigenvalue weighted by Gasteiger charge is -2.32. The molecule has 5 rings (SSSR count). The van der Waals surface area contributed by atoms with Crippen molar-refractivity contribution in [3.63, 3.8) is 0 Å². The molecule has 0 saturated heterocycles. The number of oxime groups is 1. The van der Waals surface area contributed by atoms with E-state index in [0.29, 0.717) is 6.04 Å². The first kappa shape index (κ1) is 24.3. The molecule has 10 nitrogen and oxygen atoms in total. The van der Waals surface area contributed by atoms with E-state index < -0.39 is 6.16 Å². The average Bonchev–Trinajstić information content (AvgIpc) is 3.38. The third-order valence-corrected chi connectivity index (χ3v) is 7.21. The lowest BCUT2D eigenvalue weighted by Crippen LogP contribution is -2.36. The number of hydrogen-bond acceptors (Lipinski definition) is 7. The van der Waals surface area contributed by atoms with Gasteiger partial charge < -0.3 is 25.5 Å². The van der Waals surface area contributed by atoms with Crippen LogP contribution < -0.4 is 5.32 Å². The molecule has 2 saturated carbocycles. The summed E-state index contributed by atoms with van der Waals surface area (Å²) in [6.45, 7) is 4.98. The molecule has 186 valence electrons. The summed E-state index contributed by atoms with van der Waals surface area (Å²) in [6, 6.07) is 0.481. The van der Waals surface area contributed by atoms with Crippen molar-refractivity contribution in [3.8, 4) is 0 Å². The summed E-state index contributed by atoms with van der Waals surface area (Å²) in [5, 5.41) is 38.1. The third-order valence-electron chi connectivity index (χ3n) is 7.21. The van der Waals surface area contributed by atoms with Gasteiger partial charge in [-0.15, -0.1) is 0 Å². The molecule has 4 N–H and O–H groups in total. The maximum atomic E-state index is 9.91. The van der Waals surface area contributed by atoms with Gasteiger partial charge in [-0.2, -0.15) is 5.10 Å². The minimum atomic E-state index is -1.83. The van der Waals surface area contributed by atoms with Crippen LogP contribution >= 0.6 is 0 Å². The highest BCUT2D eigenvalue weighted by atomic mass is 16.7. The number of fused-ring (bicyclic) bond motifs is 1. The molecule has 0 aromatic carbocycles. The Morgan fingerprint density at radius 3 is 2.53 bits per heavy atom. The van der Waals surface area contributed by atoms with Crippen LogP contribution in [0.3, 0.4) is 0 Å². The molecular formula is C24H35N5O5. The zero-order valence-corrected chi connectivity index (χ0v) is 20.0. The summed E-state index contributed by atoms with van der Waals surface area (Å²) in [5.74, 6) is 0. The second kappa shape index (κ2) is 10.2. The zero-order valence-electron chi connectivity index (χ0n) is 20.0. The second-order valence-corrected chi connectivity index (χ2v) is 9.63. The number of aryl methyl sites for hydroxylation is 2. The molecule has 2 fully saturated rings. The van der Waals surface area contributed by atoms with E-state index in [1.807, 2.05) is 10.9 Å². The predicted octanol–water partition coefficient (Wildman–Crippen LogP) is 4.52. The van der Waals surface area contributed by atoms with Crippen LogP contribution in [0.4, 0.5) is 10.5 Å². The van der Waals surface area contributed by atoms with E-state index >= 15 is 0 Å². The molecule has 0 radical (unpaired) electrons. The molecule has 3 heterocycles.